The van der Waals surface area contributed by atoms with Gasteiger partial charge < -0.3 is 10.6 Å². The van der Waals surface area contributed by atoms with Crippen molar-refractivity contribution < 1.29 is 4.79 Å². The molecule has 0 spiro atoms. The van der Waals surface area contributed by atoms with Gasteiger partial charge in [-0.25, -0.2) is 4.98 Å². The van der Waals surface area contributed by atoms with Gasteiger partial charge in [-0.1, -0.05) is 25.7 Å². The fourth-order valence-corrected chi connectivity index (χ4v) is 1.56. The monoisotopic (exact) mass is 259 g/mol. The van der Waals surface area contributed by atoms with Crippen molar-refractivity contribution in [3.8, 4) is 11.8 Å². The fraction of sp³-hybridized carbons (Fsp3) is 0.467. The molecule has 0 aliphatic heterocycles. The predicted octanol–water partition coefficient (Wildman–Crippen LogP) is 1.51. The van der Waals surface area contributed by atoms with Crippen LogP contribution in [0.15, 0.2) is 18.3 Å². The second-order valence-electron chi connectivity index (χ2n) is 4.81. The van der Waals surface area contributed by atoms with E-state index in [9.17, 15) is 4.79 Å². The standard InChI is InChI=1S/C15H21N3O/c1-12(2)8-11-18(3)15(19)14-13(6-4-9-16)7-5-10-17-14/h5,7,10,12H,8-9,11,16H2,1-3H3. The first-order chi connectivity index (χ1) is 9.06. The summed E-state index contributed by atoms with van der Waals surface area (Å²) in [5.41, 5.74) is 6.39. The van der Waals surface area contributed by atoms with Crippen LogP contribution in [0.25, 0.3) is 0 Å². The molecule has 1 rings (SSSR count). The van der Waals surface area contributed by atoms with Crippen molar-refractivity contribution in [2.24, 2.45) is 11.7 Å². The van der Waals surface area contributed by atoms with Gasteiger partial charge in [-0.15, -0.1) is 0 Å². The summed E-state index contributed by atoms with van der Waals surface area (Å²) in [6, 6.07) is 3.56. The molecular formula is C15H21N3O. The quantitative estimate of drug-likeness (QED) is 0.834. The maximum atomic E-state index is 12.3. The lowest BCUT2D eigenvalue weighted by molar-refractivity contribution is 0.0783. The Bertz CT molecular complexity index is 486. The van der Waals surface area contributed by atoms with Crippen molar-refractivity contribution in [1.82, 2.24) is 9.88 Å². The van der Waals surface area contributed by atoms with E-state index in [-0.39, 0.29) is 12.5 Å². The molecule has 0 atom stereocenters. The molecule has 0 fully saturated rings. The molecular weight excluding hydrogens is 238 g/mol. The summed E-state index contributed by atoms with van der Waals surface area (Å²) in [6.07, 6.45) is 2.58. The molecule has 0 unspecified atom stereocenters. The second-order valence-corrected chi connectivity index (χ2v) is 4.81. The van der Waals surface area contributed by atoms with Gasteiger partial charge in [0, 0.05) is 19.8 Å². The summed E-state index contributed by atoms with van der Waals surface area (Å²) < 4.78 is 0. The Morgan fingerprint density at radius 1 is 1.53 bits per heavy atom. The van der Waals surface area contributed by atoms with E-state index in [0.29, 0.717) is 17.2 Å². The van der Waals surface area contributed by atoms with Crippen LogP contribution in [0.5, 0.6) is 0 Å². The Morgan fingerprint density at radius 3 is 2.89 bits per heavy atom. The van der Waals surface area contributed by atoms with Gasteiger partial charge in [0.2, 0.25) is 0 Å². The van der Waals surface area contributed by atoms with Crippen LogP contribution in [0.1, 0.15) is 36.3 Å². The van der Waals surface area contributed by atoms with E-state index < -0.39 is 0 Å². The van der Waals surface area contributed by atoms with Crippen molar-refractivity contribution in [1.29, 1.82) is 0 Å². The smallest absolute Gasteiger partial charge is 0.273 e. The lowest BCUT2D eigenvalue weighted by Crippen LogP contribution is -2.29. The summed E-state index contributed by atoms with van der Waals surface area (Å²) >= 11 is 0. The van der Waals surface area contributed by atoms with Gasteiger partial charge in [-0.05, 0) is 24.5 Å². The Labute approximate surface area is 115 Å². The van der Waals surface area contributed by atoms with E-state index in [1.165, 1.54) is 0 Å². The van der Waals surface area contributed by atoms with Crippen LogP contribution in [-0.2, 0) is 0 Å². The Hall–Kier alpha value is -1.86. The zero-order valence-corrected chi connectivity index (χ0v) is 11.8. The van der Waals surface area contributed by atoms with Gasteiger partial charge in [0.15, 0.2) is 0 Å². The Kier molecular flexibility index (Phi) is 6.04. The number of hydrogen-bond acceptors (Lipinski definition) is 3. The molecule has 1 heterocycles. The minimum atomic E-state index is -0.0948. The highest BCUT2D eigenvalue weighted by molar-refractivity contribution is 5.94. The van der Waals surface area contributed by atoms with Crippen LogP contribution in [-0.4, -0.2) is 35.9 Å². The lowest BCUT2D eigenvalue weighted by Gasteiger charge is -2.18. The number of carbonyl (C=O) groups excluding carboxylic acids is 1. The van der Waals surface area contributed by atoms with Crippen molar-refractivity contribution in [3.63, 3.8) is 0 Å². The SMILES string of the molecule is CC(C)CCN(C)C(=O)c1ncccc1C#CCN. The minimum Gasteiger partial charge on any atom is -0.340 e. The molecule has 0 bridgehead atoms. The zero-order chi connectivity index (χ0) is 14.3. The third kappa shape index (κ3) is 4.72. The fourth-order valence-electron chi connectivity index (χ4n) is 1.56. The van der Waals surface area contributed by atoms with E-state index in [1.54, 1.807) is 30.3 Å². The van der Waals surface area contributed by atoms with Gasteiger partial charge in [0.25, 0.3) is 5.91 Å². The summed E-state index contributed by atoms with van der Waals surface area (Å²) in [5, 5.41) is 0. The van der Waals surface area contributed by atoms with Gasteiger partial charge >= 0.3 is 0 Å². The average molecular weight is 259 g/mol. The van der Waals surface area contributed by atoms with Crippen LogP contribution in [0.4, 0.5) is 0 Å². The van der Waals surface area contributed by atoms with Crippen molar-refractivity contribution in [3.05, 3.63) is 29.6 Å². The first-order valence-corrected chi connectivity index (χ1v) is 6.45. The summed E-state index contributed by atoms with van der Waals surface area (Å²) in [4.78, 5) is 18.1. The predicted molar refractivity (Wildman–Crippen MR) is 76.6 cm³/mol. The van der Waals surface area contributed by atoms with E-state index >= 15 is 0 Å². The van der Waals surface area contributed by atoms with E-state index in [4.69, 9.17) is 5.73 Å². The Morgan fingerprint density at radius 2 is 2.26 bits per heavy atom. The molecule has 0 saturated heterocycles. The van der Waals surface area contributed by atoms with E-state index in [2.05, 4.69) is 30.7 Å². The van der Waals surface area contributed by atoms with Crippen molar-refractivity contribution in [2.75, 3.05) is 20.1 Å². The van der Waals surface area contributed by atoms with Crippen molar-refractivity contribution >= 4 is 5.91 Å². The molecule has 1 amide bonds. The van der Waals surface area contributed by atoms with Gasteiger partial charge in [0.05, 0.1) is 12.1 Å². The molecule has 0 aliphatic rings. The van der Waals surface area contributed by atoms with Crippen molar-refractivity contribution in [2.45, 2.75) is 20.3 Å². The molecule has 4 nitrogen and oxygen atoms in total. The van der Waals surface area contributed by atoms with Crippen LogP contribution >= 0.6 is 0 Å². The number of hydrogen-bond donors (Lipinski definition) is 1. The molecule has 4 heteroatoms. The molecule has 1 aromatic heterocycles. The summed E-state index contributed by atoms with van der Waals surface area (Å²) in [5.74, 6) is 6.12. The number of pyridine rings is 1. The van der Waals surface area contributed by atoms with Crippen LogP contribution in [0.2, 0.25) is 0 Å². The van der Waals surface area contributed by atoms with E-state index in [1.807, 2.05) is 0 Å². The number of carbonyl (C=O) groups is 1. The first-order valence-electron chi connectivity index (χ1n) is 6.45. The van der Waals surface area contributed by atoms with Gasteiger partial charge in [-0.2, -0.15) is 0 Å². The van der Waals surface area contributed by atoms with Gasteiger partial charge in [-0.3, -0.25) is 4.79 Å². The van der Waals surface area contributed by atoms with Crippen LogP contribution in [0.3, 0.4) is 0 Å². The third-order valence-electron chi connectivity index (χ3n) is 2.72. The van der Waals surface area contributed by atoms with Crippen LogP contribution in [0, 0.1) is 17.8 Å². The maximum Gasteiger partial charge on any atom is 0.273 e. The highest BCUT2D eigenvalue weighted by atomic mass is 16.2. The zero-order valence-electron chi connectivity index (χ0n) is 11.8. The number of rotatable bonds is 4. The molecule has 0 radical (unpaired) electrons. The minimum absolute atomic E-state index is 0.0948. The van der Waals surface area contributed by atoms with Gasteiger partial charge in [0.1, 0.15) is 5.69 Å². The molecule has 102 valence electrons. The topological polar surface area (TPSA) is 59.2 Å². The normalized spacial score (nSPS) is 9.95. The van der Waals surface area contributed by atoms with Crippen LogP contribution < -0.4 is 5.73 Å². The highest BCUT2D eigenvalue weighted by Crippen LogP contribution is 2.08. The molecule has 0 aliphatic carbocycles. The number of aromatic nitrogens is 1. The lowest BCUT2D eigenvalue weighted by atomic mass is 10.1. The average Bonchev–Trinajstić information content (AvgIpc) is 2.42. The third-order valence-corrected chi connectivity index (χ3v) is 2.72. The van der Waals surface area contributed by atoms with E-state index in [0.717, 1.165) is 13.0 Å². The maximum absolute atomic E-state index is 12.3. The first kappa shape index (κ1) is 15.2. The Balaban J connectivity index is 2.87. The molecule has 0 saturated carbocycles. The summed E-state index contributed by atoms with van der Waals surface area (Å²) in [6.45, 7) is 5.26. The second kappa shape index (κ2) is 7.55. The number of amides is 1. The highest BCUT2D eigenvalue weighted by Gasteiger charge is 2.16. The number of nitrogens with two attached hydrogens (primary N) is 1. The largest absolute Gasteiger partial charge is 0.340 e. The number of nitrogens with zero attached hydrogens (tertiary/aromatic N) is 2. The molecule has 1 aromatic rings. The molecule has 2 N–H and O–H groups in total. The molecule has 19 heavy (non-hydrogen) atoms. The molecule has 0 aromatic carbocycles. The summed E-state index contributed by atoms with van der Waals surface area (Å²) in [7, 11) is 1.79.